The predicted molar refractivity (Wildman–Crippen MR) is 95.6 cm³/mol. The van der Waals surface area contributed by atoms with Crippen LogP contribution in [0, 0.1) is 0 Å². The van der Waals surface area contributed by atoms with E-state index in [1.807, 2.05) is 6.92 Å². The van der Waals surface area contributed by atoms with Crippen molar-refractivity contribution in [1.29, 1.82) is 0 Å². The molecule has 0 bridgehead atoms. The summed E-state index contributed by atoms with van der Waals surface area (Å²) in [5.74, 6) is 0.691. The highest BCUT2D eigenvalue weighted by molar-refractivity contribution is 6.29. The Balaban J connectivity index is 1.72. The number of hydrogen-bond acceptors (Lipinski definition) is 4. The fourth-order valence-electron chi connectivity index (χ4n) is 2.88. The van der Waals surface area contributed by atoms with Crippen molar-refractivity contribution in [1.82, 2.24) is 10.9 Å². The van der Waals surface area contributed by atoms with E-state index < -0.39 is 0 Å². The van der Waals surface area contributed by atoms with Crippen LogP contribution >= 0.6 is 0 Å². The fourth-order valence-corrected chi connectivity index (χ4v) is 2.88. The van der Waals surface area contributed by atoms with E-state index in [1.54, 1.807) is 6.21 Å². The molecule has 0 unspecified atom stereocenters. The SMILES string of the molecule is CC(/C=N\NC(N)=NC1CCCC1)=N/NC(N)=NC1CCCC1. The number of aliphatic imine (C=N–C) groups is 2. The summed E-state index contributed by atoms with van der Waals surface area (Å²) in [5, 5.41) is 8.12. The number of guanidine groups is 2. The van der Waals surface area contributed by atoms with Crippen molar-refractivity contribution in [2.24, 2.45) is 31.7 Å². The second kappa shape index (κ2) is 9.12. The highest BCUT2D eigenvalue weighted by Crippen LogP contribution is 2.21. The van der Waals surface area contributed by atoms with Gasteiger partial charge in [-0.25, -0.2) is 20.8 Å². The maximum absolute atomic E-state index is 5.80. The van der Waals surface area contributed by atoms with Crippen molar-refractivity contribution >= 4 is 23.8 Å². The topological polar surface area (TPSA) is 126 Å². The minimum absolute atomic E-state index is 0.333. The molecule has 2 aliphatic carbocycles. The molecule has 128 valence electrons. The third-order valence-corrected chi connectivity index (χ3v) is 4.07. The van der Waals surface area contributed by atoms with Gasteiger partial charge in [0.15, 0.2) is 0 Å². The average molecular weight is 320 g/mol. The average Bonchev–Trinajstić information content (AvgIpc) is 3.19. The van der Waals surface area contributed by atoms with Crippen LogP contribution in [0.2, 0.25) is 0 Å². The van der Waals surface area contributed by atoms with Crippen molar-refractivity contribution in [3.8, 4) is 0 Å². The summed E-state index contributed by atoms with van der Waals surface area (Å²) in [5.41, 5.74) is 17.7. The minimum Gasteiger partial charge on any atom is -0.369 e. The third-order valence-electron chi connectivity index (χ3n) is 4.07. The normalized spacial score (nSPS) is 22.2. The van der Waals surface area contributed by atoms with Crippen LogP contribution in [0.3, 0.4) is 0 Å². The molecule has 2 saturated carbocycles. The molecule has 2 fully saturated rings. The maximum Gasteiger partial charge on any atom is 0.209 e. The first-order valence-electron chi connectivity index (χ1n) is 8.39. The molecule has 2 aliphatic rings. The van der Waals surface area contributed by atoms with Gasteiger partial charge in [-0.05, 0) is 32.6 Å². The first kappa shape index (κ1) is 17.2. The predicted octanol–water partition coefficient (Wildman–Crippen LogP) is 1.04. The number of nitrogens with two attached hydrogens (primary N) is 2. The Hall–Kier alpha value is -2.12. The molecule has 0 aliphatic heterocycles. The second-order valence-electron chi connectivity index (χ2n) is 6.14. The summed E-state index contributed by atoms with van der Waals surface area (Å²) in [6.07, 6.45) is 10.9. The summed E-state index contributed by atoms with van der Waals surface area (Å²) < 4.78 is 0. The molecule has 0 aromatic rings. The zero-order chi connectivity index (χ0) is 16.5. The molecule has 0 atom stereocenters. The Labute approximate surface area is 137 Å². The number of rotatable bonds is 5. The van der Waals surface area contributed by atoms with Gasteiger partial charge in [0, 0.05) is 0 Å². The smallest absolute Gasteiger partial charge is 0.209 e. The lowest BCUT2D eigenvalue weighted by atomic mass is 10.3. The van der Waals surface area contributed by atoms with Crippen LogP contribution in [-0.4, -0.2) is 35.9 Å². The summed E-state index contributed by atoms with van der Waals surface area (Å²) in [6, 6.07) is 0.667. The summed E-state index contributed by atoms with van der Waals surface area (Å²) in [7, 11) is 0. The summed E-state index contributed by atoms with van der Waals surface area (Å²) in [6.45, 7) is 1.81. The Morgan fingerprint density at radius 1 is 0.870 bits per heavy atom. The molecule has 2 rings (SSSR count). The number of nitrogens with one attached hydrogen (secondary N) is 2. The Morgan fingerprint density at radius 3 is 1.87 bits per heavy atom. The van der Waals surface area contributed by atoms with Gasteiger partial charge in [-0.2, -0.15) is 10.2 Å². The highest BCUT2D eigenvalue weighted by Gasteiger charge is 2.14. The zero-order valence-corrected chi connectivity index (χ0v) is 13.8. The van der Waals surface area contributed by atoms with Gasteiger partial charge in [0.1, 0.15) is 0 Å². The number of hydrazone groups is 2. The van der Waals surface area contributed by atoms with E-state index in [0.717, 1.165) is 25.7 Å². The van der Waals surface area contributed by atoms with E-state index >= 15 is 0 Å². The molecule has 8 nitrogen and oxygen atoms in total. The molecule has 0 aromatic heterocycles. The molecule has 0 spiro atoms. The van der Waals surface area contributed by atoms with Gasteiger partial charge in [-0.3, -0.25) is 0 Å². The van der Waals surface area contributed by atoms with E-state index in [-0.39, 0.29) is 0 Å². The van der Waals surface area contributed by atoms with Gasteiger partial charge in [-0.1, -0.05) is 25.7 Å². The summed E-state index contributed by atoms with van der Waals surface area (Å²) in [4.78, 5) is 8.77. The molecule has 6 N–H and O–H groups in total. The molecule has 8 heteroatoms. The van der Waals surface area contributed by atoms with Gasteiger partial charge in [-0.15, -0.1) is 0 Å². The van der Waals surface area contributed by atoms with E-state index in [2.05, 4.69) is 31.0 Å². The molecule has 0 radical (unpaired) electrons. The van der Waals surface area contributed by atoms with Crippen LogP contribution in [0.25, 0.3) is 0 Å². The van der Waals surface area contributed by atoms with E-state index in [4.69, 9.17) is 11.5 Å². The highest BCUT2D eigenvalue weighted by atomic mass is 15.4. The van der Waals surface area contributed by atoms with Crippen LogP contribution in [-0.2, 0) is 0 Å². The van der Waals surface area contributed by atoms with E-state index in [1.165, 1.54) is 25.7 Å². The van der Waals surface area contributed by atoms with Crippen LogP contribution in [0.5, 0.6) is 0 Å². The van der Waals surface area contributed by atoms with Gasteiger partial charge >= 0.3 is 0 Å². The first-order valence-corrected chi connectivity index (χ1v) is 8.39. The largest absolute Gasteiger partial charge is 0.369 e. The molecule has 23 heavy (non-hydrogen) atoms. The molecular weight excluding hydrogens is 292 g/mol. The van der Waals surface area contributed by atoms with Crippen molar-refractivity contribution in [3.63, 3.8) is 0 Å². The van der Waals surface area contributed by atoms with Crippen molar-refractivity contribution in [2.45, 2.75) is 70.4 Å². The zero-order valence-electron chi connectivity index (χ0n) is 13.8. The lowest BCUT2D eigenvalue weighted by Crippen LogP contribution is -2.30. The lowest BCUT2D eigenvalue weighted by Gasteiger charge is -2.05. The van der Waals surface area contributed by atoms with Crippen LogP contribution in [0.15, 0.2) is 20.2 Å². The molecule has 0 saturated heterocycles. The van der Waals surface area contributed by atoms with Crippen LogP contribution in [0.1, 0.15) is 58.3 Å². The molecular formula is C15H28N8. The van der Waals surface area contributed by atoms with Gasteiger partial charge < -0.3 is 11.5 Å². The maximum atomic E-state index is 5.80. The van der Waals surface area contributed by atoms with Gasteiger partial charge in [0.2, 0.25) is 11.9 Å². The second-order valence-corrected chi connectivity index (χ2v) is 6.14. The first-order chi connectivity index (χ1) is 11.1. The Morgan fingerprint density at radius 2 is 1.35 bits per heavy atom. The van der Waals surface area contributed by atoms with Crippen LogP contribution < -0.4 is 22.3 Å². The van der Waals surface area contributed by atoms with Gasteiger partial charge in [0.05, 0.1) is 24.0 Å². The number of hydrogen-bond donors (Lipinski definition) is 4. The van der Waals surface area contributed by atoms with Crippen LogP contribution in [0.4, 0.5) is 0 Å². The van der Waals surface area contributed by atoms with Gasteiger partial charge in [0.25, 0.3) is 0 Å². The minimum atomic E-state index is 0.333. The van der Waals surface area contributed by atoms with Crippen molar-refractivity contribution in [3.05, 3.63) is 0 Å². The Kier molecular flexibility index (Phi) is 6.83. The van der Waals surface area contributed by atoms with E-state index in [9.17, 15) is 0 Å². The number of nitrogens with zero attached hydrogens (tertiary/aromatic N) is 4. The molecule has 0 heterocycles. The molecule has 0 amide bonds. The lowest BCUT2D eigenvalue weighted by molar-refractivity contribution is 0.698. The quantitative estimate of drug-likeness (QED) is 0.343. The monoisotopic (exact) mass is 320 g/mol. The third kappa shape index (κ3) is 6.66. The fraction of sp³-hybridized carbons (Fsp3) is 0.733. The van der Waals surface area contributed by atoms with Crippen molar-refractivity contribution < 1.29 is 0 Å². The Bertz CT molecular complexity index is 482. The summed E-state index contributed by atoms with van der Waals surface area (Å²) >= 11 is 0. The standard InChI is InChI=1S/C15H28N8/c1-11(21-23-15(17)20-13-8-4-5-9-13)10-18-22-14(16)19-12-6-2-3-7-12/h10,12-13H,2-9H2,1H3,(H3,16,19,22)(H3,17,20,23)/b18-10-,21-11-. The molecule has 0 aromatic carbocycles. The van der Waals surface area contributed by atoms with E-state index in [0.29, 0.717) is 29.7 Å². The van der Waals surface area contributed by atoms with Crippen molar-refractivity contribution in [2.75, 3.05) is 0 Å².